The zero-order valence-electron chi connectivity index (χ0n) is 10.2. The maximum Gasteiger partial charge on any atom is 0.313 e. The molecule has 1 aromatic rings. The summed E-state index contributed by atoms with van der Waals surface area (Å²) in [5, 5.41) is 9.56. The summed E-state index contributed by atoms with van der Waals surface area (Å²) in [4.78, 5) is 14.9. The highest BCUT2D eigenvalue weighted by molar-refractivity contribution is 7.99. The van der Waals surface area contributed by atoms with Crippen LogP contribution in [-0.4, -0.2) is 26.4 Å². The number of aromatic nitrogens is 2. The van der Waals surface area contributed by atoms with Gasteiger partial charge in [-0.15, -0.1) is 0 Å². The second kappa shape index (κ2) is 5.12. The maximum absolute atomic E-state index is 10.6. The SMILES string of the molecule is CCc1cnc(SCC(=O)O)n1CC1CC1C. The standard InChI is InChI=1S/C12H18N2O2S/c1-3-10-5-13-12(17-7-11(15)16)14(10)6-9-4-8(9)2/h5,8-9H,3-4,6-7H2,1-2H3,(H,15,16). The summed E-state index contributed by atoms with van der Waals surface area (Å²) in [5.41, 5.74) is 1.21. The topological polar surface area (TPSA) is 55.1 Å². The predicted molar refractivity (Wildman–Crippen MR) is 67.2 cm³/mol. The molecule has 1 aliphatic rings. The molecule has 2 rings (SSSR count). The van der Waals surface area contributed by atoms with Crippen molar-refractivity contribution in [2.24, 2.45) is 11.8 Å². The first-order valence-corrected chi connectivity index (χ1v) is 6.99. The average molecular weight is 254 g/mol. The minimum absolute atomic E-state index is 0.0837. The molecule has 94 valence electrons. The monoisotopic (exact) mass is 254 g/mol. The van der Waals surface area contributed by atoms with Gasteiger partial charge in [0.1, 0.15) is 0 Å². The van der Waals surface area contributed by atoms with E-state index in [9.17, 15) is 4.79 Å². The van der Waals surface area contributed by atoms with Crippen LogP contribution >= 0.6 is 11.8 Å². The van der Waals surface area contributed by atoms with E-state index in [2.05, 4.69) is 23.4 Å². The van der Waals surface area contributed by atoms with E-state index in [0.717, 1.165) is 30.0 Å². The largest absolute Gasteiger partial charge is 0.481 e. The van der Waals surface area contributed by atoms with Crippen LogP contribution in [0, 0.1) is 11.8 Å². The number of aliphatic carboxylic acids is 1. The number of aryl methyl sites for hydroxylation is 1. The Labute approximate surface area is 105 Å². The van der Waals surface area contributed by atoms with Gasteiger partial charge in [-0.3, -0.25) is 4.79 Å². The van der Waals surface area contributed by atoms with Crippen LogP contribution < -0.4 is 0 Å². The van der Waals surface area contributed by atoms with Crippen LogP contribution in [-0.2, 0) is 17.8 Å². The van der Waals surface area contributed by atoms with E-state index < -0.39 is 5.97 Å². The minimum Gasteiger partial charge on any atom is -0.481 e. The molecule has 0 spiro atoms. The summed E-state index contributed by atoms with van der Waals surface area (Å²) >= 11 is 1.31. The van der Waals surface area contributed by atoms with Crippen molar-refractivity contribution in [3.05, 3.63) is 11.9 Å². The van der Waals surface area contributed by atoms with Crippen molar-refractivity contribution >= 4 is 17.7 Å². The van der Waals surface area contributed by atoms with Gasteiger partial charge < -0.3 is 9.67 Å². The first kappa shape index (κ1) is 12.5. The number of imidazole rings is 1. The molecule has 1 fully saturated rings. The van der Waals surface area contributed by atoms with Crippen molar-refractivity contribution in [2.45, 2.75) is 38.4 Å². The molecule has 0 aliphatic heterocycles. The van der Waals surface area contributed by atoms with E-state index in [1.54, 1.807) is 0 Å². The highest BCUT2D eigenvalue weighted by Gasteiger charge is 2.33. The molecule has 17 heavy (non-hydrogen) atoms. The second-order valence-electron chi connectivity index (χ2n) is 4.65. The Morgan fingerprint density at radius 3 is 2.94 bits per heavy atom. The Kier molecular flexibility index (Phi) is 3.76. The molecule has 1 saturated carbocycles. The van der Waals surface area contributed by atoms with Gasteiger partial charge in [0.25, 0.3) is 0 Å². The predicted octanol–water partition coefficient (Wildman–Crippen LogP) is 2.28. The van der Waals surface area contributed by atoms with Crippen LogP contribution in [0.5, 0.6) is 0 Å². The third kappa shape index (κ3) is 3.03. The van der Waals surface area contributed by atoms with Gasteiger partial charge in [-0.1, -0.05) is 25.6 Å². The van der Waals surface area contributed by atoms with E-state index in [0.29, 0.717) is 0 Å². The summed E-state index contributed by atoms with van der Waals surface area (Å²) < 4.78 is 2.20. The molecule has 0 bridgehead atoms. The quantitative estimate of drug-likeness (QED) is 0.791. The highest BCUT2D eigenvalue weighted by atomic mass is 32.2. The summed E-state index contributed by atoms with van der Waals surface area (Å²) in [6.07, 6.45) is 4.10. The number of rotatable bonds is 6. The fourth-order valence-electron chi connectivity index (χ4n) is 2.00. The molecular formula is C12H18N2O2S. The molecule has 5 heteroatoms. The summed E-state index contributed by atoms with van der Waals surface area (Å²) in [7, 11) is 0. The van der Waals surface area contributed by atoms with Crippen LogP contribution in [0.2, 0.25) is 0 Å². The lowest BCUT2D eigenvalue weighted by atomic mass is 10.3. The fourth-order valence-corrected chi connectivity index (χ4v) is 2.73. The van der Waals surface area contributed by atoms with E-state index >= 15 is 0 Å². The van der Waals surface area contributed by atoms with Crippen LogP contribution in [0.4, 0.5) is 0 Å². The third-order valence-electron chi connectivity index (χ3n) is 3.28. The maximum atomic E-state index is 10.6. The average Bonchev–Trinajstić information content (AvgIpc) is 2.84. The summed E-state index contributed by atoms with van der Waals surface area (Å²) in [5.74, 6) is 0.848. The van der Waals surface area contributed by atoms with Crippen molar-refractivity contribution in [3.8, 4) is 0 Å². The number of carbonyl (C=O) groups is 1. The van der Waals surface area contributed by atoms with Crippen molar-refractivity contribution in [3.63, 3.8) is 0 Å². The molecule has 4 nitrogen and oxygen atoms in total. The van der Waals surface area contributed by atoms with Crippen LogP contribution in [0.1, 0.15) is 26.0 Å². The van der Waals surface area contributed by atoms with Gasteiger partial charge in [-0.2, -0.15) is 0 Å². The molecule has 0 aromatic carbocycles. The number of nitrogens with zero attached hydrogens (tertiary/aromatic N) is 2. The molecule has 0 amide bonds. The number of hydrogen-bond donors (Lipinski definition) is 1. The second-order valence-corrected chi connectivity index (χ2v) is 5.59. The Bertz CT molecular complexity index is 417. The molecule has 0 radical (unpaired) electrons. The van der Waals surface area contributed by atoms with Gasteiger partial charge in [0.05, 0.1) is 5.75 Å². The minimum atomic E-state index is -0.789. The molecule has 1 N–H and O–H groups in total. The fraction of sp³-hybridized carbons (Fsp3) is 0.667. The van der Waals surface area contributed by atoms with Gasteiger partial charge in [0.15, 0.2) is 5.16 Å². The van der Waals surface area contributed by atoms with Crippen LogP contribution in [0.15, 0.2) is 11.4 Å². The van der Waals surface area contributed by atoms with E-state index in [-0.39, 0.29) is 5.75 Å². The number of carboxylic acids is 1. The highest BCUT2D eigenvalue weighted by Crippen LogP contribution is 2.40. The normalized spacial score (nSPS) is 22.7. The first-order chi connectivity index (χ1) is 8.11. The lowest BCUT2D eigenvalue weighted by molar-refractivity contribution is -0.133. The zero-order valence-corrected chi connectivity index (χ0v) is 11.0. The molecule has 2 unspecified atom stereocenters. The number of hydrogen-bond acceptors (Lipinski definition) is 3. The molecule has 1 heterocycles. The van der Waals surface area contributed by atoms with Crippen LogP contribution in [0.25, 0.3) is 0 Å². The van der Waals surface area contributed by atoms with Crippen molar-refractivity contribution in [2.75, 3.05) is 5.75 Å². The number of thioether (sulfide) groups is 1. The Balaban J connectivity index is 2.08. The van der Waals surface area contributed by atoms with Gasteiger partial charge in [0, 0.05) is 18.4 Å². The molecule has 1 aromatic heterocycles. The van der Waals surface area contributed by atoms with Crippen molar-refractivity contribution < 1.29 is 9.90 Å². The lowest BCUT2D eigenvalue weighted by Gasteiger charge is -2.09. The smallest absolute Gasteiger partial charge is 0.313 e. The van der Waals surface area contributed by atoms with Gasteiger partial charge in [-0.25, -0.2) is 4.98 Å². The molecular weight excluding hydrogens is 236 g/mol. The molecule has 0 saturated heterocycles. The molecule has 1 aliphatic carbocycles. The summed E-state index contributed by atoms with van der Waals surface area (Å²) in [6, 6.07) is 0. The number of carboxylic acid groups (broad SMARTS) is 1. The zero-order chi connectivity index (χ0) is 12.4. The first-order valence-electron chi connectivity index (χ1n) is 6.00. The Morgan fingerprint density at radius 1 is 1.71 bits per heavy atom. The van der Waals surface area contributed by atoms with Crippen molar-refractivity contribution in [1.82, 2.24) is 9.55 Å². The Morgan fingerprint density at radius 2 is 2.41 bits per heavy atom. The Hall–Kier alpha value is -0.970. The van der Waals surface area contributed by atoms with Gasteiger partial charge in [0.2, 0.25) is 0 Å². The van der Waals surface area contributed by atoms with Gasteiger partial charge in [-0.05, 0) is 24.7 Å². The van der Waals surface area contributed by atoms with E-state index in [1.807, 2.05) is 6.20 Å². The van der Waals surface area contributed by atoms with E-state index in [1.165, 1.54) is 23.9 Å². The van der Waals surface area contributed by atoms with Crippen LogP contribution in [0.3, 0.4) is 0 Å². The third-order valence-corrected chi connectivity index (χ3v) is 4.26. The summed E-state index contributed by atoms with van der Waals surface area (Å²) in [6.45, 7) is 5.36. The lowest BCUT2D eigenvalue weighted by Crippen LogP contribution is -2.08. The van der Waals surface area contributed by atoms with Crippen molar-refractivity contribution in [1.29, 1.82) is 0 Å². The molecule has 2 atom stereocenters. The van der Waals surface area contributed by atoms with E-state index in [4.69, 9.17) is 5.11 Å². The van der Waals surface area contributed by atoms with Gasteiger partial charge >= 0.3 is 5.97 Å².